The van der Waals surface area contributed by atoms with Gasteiger partial charge < -0.3 is 15.8 Å². The van der Waals surface area contributed by atoms with Crippen molar-refractivity contribution in [2.24, 2.45) is 17.6 Å². The lowest BCUT2D eigenvalue weighted by Crippen LogP contribution is -2.50. The Morgan fingerprint density at radius 2 is 1.92 bits per heavy atom. The lowest BCUT2D eigenvalue weighted by molar-refractivity contribution is -0.122. The second-order valence-corrected chi connectivity index (χ2v) is 6.54. The molecule has 3 unspecified atom stereocenters. The maximum atomic E-state index is 12.0. The summed E-state index contributed by atoms with van der Waals surface area (Å²) in [5.41, 5.74) is 5.43. The first-order valence-electron chi connectivity index (χ1n) is 8.50. The number of rotatable bonds is 5. The van der Waals surface area contributed by atoms with Crippen molar-refractivity contribution in [2.45, 2.75) is 39.2 Å². The van der Waals surface area contributed by atoms with Crippen molar-refractivity contribution >= 4 is 17.8 Å². The van der Waals surface area contributed by atoms with Crippen molar-refractivity contribution in [3.05, 3.63) is 29.8 Å². The van der Waals surface area contributed by atoms with Crippen LogP contribution in [-0.2, 0) is 4.79 Å². The van der Waals surface area contributed by atoms with Crippen LogP contribution in [0.1, 0.15) is 43.5 Å². The van der Waals surface area contributed by atoms with E-state index < -0.39 is 17.8 Å². The zero-order valence-electron chi connectivity index (χ0n) is 14.6. The Labute approximate surface area is 147 Å². The van der Waals surface area contributed by atoms with Gasteiger partial charge in [0.15, 0.2) is 6.61 Å². The topological polar surface area (TPSA) is 111 Å². The molecule has 2 rings (SSSR count). The van der Waals surface area contributed by atoms with E-state index in [4.69, 9.17) is 10.5 Å². The van der Waals surface area contributed by atoms with Gasteiger partial charge in [0, 0.05) is 6.04 Å². The quantitative estimate of drug-likeness (QED) is 0.754. The first-order chi connectivity index (χ1) is 11.9. The van der Waals surface area contributed by atoms with Crippen LogP contribution in [0.2, 0.25) is 0 Å². The van der Waals surface area contributed by atoms with E-state index in [2.05, 4.69) is 24.5 Å². The van der Waals surface area contributed by atoms with Gasteiger partial charge in [-0.15, -0.1) is 0 Å². The molecular formula is C18H25N3O4. The molecule has 1 aliphatic carbocycles. The number of primary amides is 1. The number of para-hydroxylation sites is 1. The molecule has 0 heterocycles. The van der Waals surface area contributed by atoms with Crippen LogP contribution in [0.25, 0.3) is 0 Å². The fourth-order valence-corrected chi connectivity index (χ4v) is 3.09. The fourth-order valence-electron chi connectivity index (χ4n) is 3.09. The van der Waals surface area contributed by atoms with Crippen LogP contribution in [0, 0.1) is 11.8 Å². The molecule has 0 spiro atoms. The largest absolute Gasteiger partial charge is 0.483 e. The number of carbonyl (C=O) groups excluding carboxylic acids is 3. The zero-order chi connectivity index (χ0) is 18.4. The third-order valence-electron chi connectivity index (χ3n) is 4.79. The monoisotopic (exact) mass is 347 g/mol. The number of amides is 4. The van der Waals surface area contributed by atoms with Crippen LogP contribution in [0.15, 0.2) is 24.3 Å². The SMILES string of the molecule is CC1CCCC(NC(=O)NC(=O)COc2ccccc2C(N)=O)C1C. The molecule has 0 aromatic heterocycles. The minimum Gasteiger partial charge on any atom is -0.483 e. The van der Waals surface area contributed by atoms with E-state index >= 15 is 0 Å². The number of imide groups is 1. The first-order valence-corrected chi connectivity index (χ1v) is 8.50. The second kappa shape index (κ2) is 8.50. The molecular weight excluding hydrogens is 322 g/mol. The third-order valence-corrected chi connectivity index (χ3v) is 4.79. The number of nitrogens with one attached hydrogen (secondary N) is 2. The highest BCUT2D eigenvalue weighted by atomic mass is 16.5. The molecule has 0 aliphatic heterocycles. The van der Waals surface area contributed by atoms with Crippen molar-refractivity contribution in [1.29, 1.82) is 0 Å². The molecule has 7 heteroatoms. The third kappa shape index (κ3) is 5.20. The molecule has 4 N–H and O–H groups in total. The smallest absolute Gasteiger partial charge is 0.321 e. The van der Waals surface area contributed by atoms with Gasteiger partial charge in [0.1, 0.15) is 5.75 Å². The van der Waals surface area contributed by atoms with Crippen molar-refractivity contribution in [2.75, 3.05) is 6.61 Å². The molecule has 1 fully saturated rings. The molecule has 7 nitrogen and oxygen atoms in total. The van der Waals surface area contributed by atoms with Crippen LogP contribution < -0.4 is 21.1 Å². The van der Waals surface area contributed by atoms with Gasteiger partial charge in [0.05, 0.1) is 5.56 Å². The summed E-state index contributed by atoms with van der Waals surface area (Å²) in [7, 11) is 0. The minimum absolute atomic E-state index is 0.0630. The number of hydrogen-bond acceptors (Lipinski definition) is 4. The highest BCUT2D eigenvalue weighted by Gasteiger charge is 2.28. The molecule has 0 bridgehead atoms. The Kier molecular flexibility index (Phi) is 6.38. The maximum absolute atomic E-state index is 12.0. The van der Waals surface area contributed by atoms with E-state index in [9.17, 15) is 14.4 Å². The lowest BCUT2D eigenvalue weighted by Gasteiger charge is -2.34. The van der Waals surface area contributed by atoms with E-state index in [1.807, 2.05) is 0 Å². The van der Waals surface area contributed by atoms with E-state index in [0.717, 1.165) is 19.3 Å². The number of carbonyl (C=O) groups is 3. The summed E-state index contributed by atoms with van der Waals surface area (Å²) in [6.07, 6.45) is 3.14. The Balaban J connectivity index is 1.82. The first kappa shape index (κ1) is 18.8. The van der Waals surface area contributed by atoms with Gasteiger partial charge >= 0.3 is 6.03 Å². The van der Waals surface area contributed by atoms with Crippen molar-refractivity contribution in [3.8, 4) is 5.75 Å². The summed E-state index contributed by atoms with van der Waals surface area (Å²) in [6, 6.07) is 5.90. The summed E-state index contributed by atoms with van der Waals surface area (Å²) < 4.78 is 5.30. The van der Waals surface area contributed by atoms with Gasteiger partial charge in [-0.2, -0.15) is 0 Å². The predicted molar refractivity (Wildman–Crippen MR) is 93.1 cm³/mol. The van der Waals surface area contributed by atoms with Crippen LogP contribution in [-0.4, -0.2) is 30.5 Å². The Morgan fingerprint density at radius 1 is 1.20 bits per heavy atom. The van der Waals surface area contributed by atoms with Crippen LogP contribution in [0.4, 0.5) is 4.79 Å². The van der Waals surface area contributed by atoms with Gasteiger partial charge in [0.2, 0.25) is 0 Å². The zero-order valence-corrected chi connectivity index (χ0v) is 14.6. The normalized spacial score (nSPS) is 22.7. The summed E-state index contributed by atoms with van der Waals surface area (Å²) >= 11 is 0. The van der Waals surface area contributed by atoms with Crippen LogP contribution >= 0.6 is 0 Å². The summed E-state index contributed by atoms with van der Waals surface area (Å²) in [5, 5.41) is 5.11. The average Bonchev–Trinajstić information content (AvgIpc) is 2.57. The fraction of sp³-hybridized carbons (Fsp3) is 0.500. The Bertz CT molecular complexity index is 647. The number of benzene rings is 1. The number of ether oxygens (including phenoxy) is 1. The molecule has 136 valence electrons. The summed E-state index contributed by atoms with van der Waals surface area (Å²) in [5.74, 6) is -0.112. The molecule has 25 heavy (non-hydrogen) atoms. The van der Waals surface area contributed by atoms with Gasteiger partial charge in [0.25, 0.3) is 11.8 Å². The lowest BCUT2D eigenvalue weighted by atomic mass is 9.78. The van der Waals surface area contributed by atoms with Crippen molar-refractivity contribution < 1.29 is 19.1 Å². The highest BCUT2D eigenvalue weighted by Crippen LogP contribution is 2.29. The van der Waals surface area contributed by atoms with E-state index in [1.54, 1.807) is 18.2 Å². The molecule has 1 saturated carbocycles. The molecule has 0 saturated heterocycles. The van der Waals surface area contributed by atoms with E-state index in [0.29, 0.717) is 11.8 Å². The number of nitrogens with two attached hydrogens (primary N) is 1. The predicted octanol–water partition coefficient (Wildman–Crippen LogP) is 1.81. The van der Waals surface area contributed by atoms with Gasteiger partial charge in [-0.25, -0.2) is 4.79 Å². The van der Waals surface area contributed by atoms with Gasteiger partial charge in [-0.1, -0.05) is 38.8 Å². The van der Waals surface area contributed by atoms with E-state index in [1.165, 1.54) is 6.07 Å². The summed E-state index contributed by atoms with van der Waals surface area (Å²) in [6.45, 7) is 3.90. The number of hydrogen-bond donors (Lipinski definition) is 3. The van der Waals surface area contributed by atoms with Gasteiger partial charge in [-0.3, -0.25) is 14.9 Å². The summed E-state index contributed by atoms with van der Waals surface area (Å²) in [4.78, 5) is 35.2. The molecule has 1 aromatic carbocycles. The standard InChI is InChI=1S/C18H25N3O4/c1-11-6-5-8-14(12(11)2)20-18(24)21-16(22)10-25-15-9-4-3-7-13(15)17(19)23/h3-4,7,9,11-12,14H,5-6,8,10H2,1-2H3,(H2,19,23)(H2,20,21,22,24). The second-order valence-electron chi connectivity index (χ2n) is 6.54. The Hall–Kier alpha value is -2.57. The number of urea groups is 1. The van der Waals surface area contributed by atoms with Crippen LogP contribution in [0.3, 0.4) is 0 Å². The van der Waals surface area contributed by atoms with Crippen LogP contribution in [0.5, 0.6) is 5.75 Å². The molecule has 4 amide bonds. The van der Waals surface area contributed by atoms with E-state index in [-0.39, 0.29) is 24.0 Å². The Morgan fingerprint density at radius 3 is 2.64 bits per heavy atom. The molecule has 0 radical (unpaired) electrons. The van der Waals surface area contributed by atoms with Crippen molar-refractivity contribution in [1.82, 2.24) is 10.6 Å². The van der Waals surface area contributed by atoms with Gasteiger partial charge in [-0.05, 0) is 30.4 Å². The molecule has 1 aromatic rings. The van der Waals surface area contributed by atoms with Crippen molar-refractivity contribution in [3.63, 3.8) is 0 Å². The minimum atomic E-state index is -0.644. The highest BCUT2D eigenvalue weighted by molar-refractivity contribution is 5.96. The maximum Gasteiger partial charge on any atom is 0.321 e. The average molecular weight is 347 g/mol. The molecule has 3 atom stereocenters. The molecule has 1 aliphatic rings.